The lowest BCUT2D eigenvalue weighted by atomic mass is 9.97. The number of amides is 2. The summed E-state index contributed by atoms with van der Waals surface area (Å²) in [5, 5.41) is 5.81. The first kappa shape index (κ1) is 18.8. The van der Waals surface area contributed by atoms with Gasteiger partial charge in [-0.1, -0.05) is 0 Å². The van der Waals surface area contributed by atoms with E-state index in [1.165, 1.54) is 6.92 Å². The Kier molecular flexibility index (Phi) is 6.60. The molecule has 0 bridgehead atoms. The fraction of sp³-hybridized carbons (Fsp3) is 0.579. The second-order valence-electron chi connectivity index (χ2n) is 6.81. The van der Waals surface area contributed by atoms with Gasteiger partial charge in [0.05, 0.1) is 19.8 Å². The van der Waals surface area contributed by atoms with E-state index in [1.54, 1.807) is 24.3 Å². The number of carbonyl (C=O) groups is 2. The molecule has 2 unspecified atom stereocenters. The van der Waals surface area contributed by atoms with Crippen LogP contribution in [0, 0.1) is 5.92 Å². The van der Waals surface area contributed by atoms with E-state index in [4.69, 9.17) is 9.47 Å². The van der Waals surface area contributed by atoms with Gasteiger partial charge in [-0.05, 0) is 37.6 Å². The minimum atomic E-state index is -0.238. The Labute approximate surface area is 154 Å². The molecule has 7 nitrogen and oxygen atoms in total. The van der Waals surface area contributed by atoms with E-state index in [1.807, 2.05) is 0 Å². The van der Waals surface area contributed by atoms with Crippen molar-refractivity contribution in [3.05, 3.63) is 29.8 Å². The number of hydrogen-bond donors (Lipinski definition) is 2. The predicted molar refractivity (Wildman–Crippen MR) is 98.6 cm³/mol. The molecule has 2 aliphatic heterocycles. The summed E-state index contributed by atoms with van der Waals surface area (Å²) < 4.78 is 11.0. The average Bonchev–Trinajstić information content (AvgIpc) is 3.17. The smallest absolute Gasteiger partial charge is 0.319 e. The van der Waals surface area contributed by atoms with E-state index < -0.39 is 0 Å². The van der Waals surface area contributed by atoms with Crippen LogP contribution in [-0.2, 0) is 9.47 Å². The molecule has 3 rings (SSSR count). The minimum Gasteiger partial charge on any atom is -0.381 e. The molecule has 0 aliphatic carbocycles. The monoisotopic (exact) mass is 361 g/mol. The summed E-state index contributed by atoms with van der Waals surface area (Å²) in [6, 6.07) is 6.92. The van der Waals surface area contributed by atoms with Crippen LogP contribution in [0.3, 0.4) is 0 Å². The second kappa shape index (κ2) is 9.12. The van der Waals surface area contributed by atoms with Crippen molar-refractivity contribution in [1.82, 2.24) is 10.2 Å². The number of Topliss-reactive ketones (excluding diaryl/α,β-unsaturated/α-hetero) is 1. The van der Waals surface area contributed by atoms with Crippen LogP contribution < -0.4 is 10.6 Å². The Morgan fingerprint density at radius 3 is 2.50 bits per heavy atom. The van der Waals surface area contributed by atoms with Crippen LogP contribution in [-0.4, -0.2) is 68.8 Å². The van der Waals surface area contributed by atoms with Crippen molar-refractivity contribution in [3.8, 4) is 0 Å². The maximum Gasteiger partial charge on any atom is 0.319 e. The number of urea groups is 1. The van der Waals surface area contributed by atoms with E-state index in [-0.39, 0.29) is 17.9 Å². The van der Waals surface area contributed by atoms with Crippen molar-refractivity contribution in [2.24, 2.45) is 5.92 Å². The summed E-state index contributed by atoms with van der Waals surface area (Å²) in [6.07, 6.45) is 1.03. The fourth-order valence-corrected chi connectivity index (χ4v) is 3.52. The van der Waals surface area contributed by atoms with Crippen molar-refractivity contribution >= 4 is 17.5 Å². The van der Waals surface area contributed by atoms with Crippen molar-refractivity contribution in [3.63, 3.8) is 0 Å². The Morgan fingerprint density at radius 2 is 1.88 bits per heavy atom. The van der Waals surface area contributed by atoms with Crippen LogP contribution in [0.5, 0.6) is 0 Å². The van der Waals surface area contributed by atoms with Crippen molar-refractivity contribution in [1.29, 1.82) is 0 Å². The third-order valence-corrected chi connectivity index (χ3v) is 5.04. The third-order valence-electron chi connectivity index (χ3n) is 5.04. The van der Waals surface area contributed by atoms with Crippen molar-refractivity contribution < 1.29 is 19.1 Å². The first-order valence-corrected chi connectivity index (χ1v) is 9.19. The highest BCUT2D eigenvalue weighted by atomic mass is 16.5. The molecular weight excluding hydrogens is 334 g/mol. The van der Waals surface area contributed by atoms with E-state index >= 15 is 0 Å². The number of nitrogens with zero attached hydrogens (tertiary/aromatic N) is 1. The topological polar surface area (TPSA) is 79.9 Å². The summed E-state index contributed by atoms with van der Waals surface area (Å²) in [5.74, 6) is 0.441. The van der Waals surface area contributed by atoms with Crippen LogP contribution >= 0.6 is 0 Å². The summed E-state index contributed by atoms with van der Waals surface area (Å²) in [4.78, 5) is 26.0. The number of anilines is 1. The zero-order chi connectivity index (χ0) is 18.4. The molecule has 0 radical (unpaired) electrons. The van der Waals surface area contributed by atoms with Gasteiger partial charge in [-0.15, -0.1) is 0 Å². The van der Waals surface area contributed by atoms with Crippen LogP contribution in [0.15, 0.2) is 24.3 Å². The fourth-order valence-electron chi connectivity index (χ4n) is 3.52. The van der Waals surface area contributed by atoms with Crippen LogP contribution in [0.4, 0.5) is 10.5 Å². The number of benzene rings is 1. The molecule has 2 N–H and O–H groups in total. The summed E-state index contributed by atoms with van der Waals surface area (Å²) in [7, 11) is 0. The zero-order valence-corrected chi connectivity index (χ0v) is 15.2. The van der Waals surface area contributed by atoms with Gasteiger partial charge in [0, 0.05) is 49.5 Å². The lowest BCUT2D eigenvalue weighted by molar-refractivity contribution is 0.00222. The predicted octanol–water partition coefficient (Wildman–Crippen LogP) is 1.75. The first-order valence-electron chi connectivity index (χ1n) is 9.19. The van der Waals surface area contributed by atoms with Gasteiger partial charge in [0.15, 0.2) is 5.78 Å². The van der Waals surface area contributed by atoms with Gasteiger partial charge in [-0.25, -0.2) is 4.79 Å². The molecule has 2 fully saturated rings. The van der Waals surface area contributed by atoms with Gasteiger partial charge < -0.3 is 20.1 Å². The van der Waals surface area contributed by atoms with E-state index in [0.717, 1.165) is 45.9 Å². The number of ketones is 1. The van der Waals surface area contributed by atoms with Crippen LogP contribution in [0.1, 0.15) is 23.7 Å². The van der Waals surface area contributed by atoms with Crippen molar-refractivity contribution in [2.75, 3.05) is 51.4 Å². The maximum absolute atomic E-state index is 12.3. The van der Waals surface area contributed by atoms with E-state index in [2.05, 4.69) is 15.5 Å². The number of nitrogens with one attached hydrogen (secondary N) is 2. The quantitative estimate of drug-likeness (QED) is 0.755. The molecule has 0 aromatic heterocycles. The molecular formula is C19H27N3O4. The minimum absolute atomic E-state index is 0.00753. The van der Waals surface area contributed by atoms with E-state index in [9.17, 15) is 9.59 Å². The van der Waals surface area contributed by atoms with Gasteiger partial charge in [0.1, 0.15) is 0 Å². The van der Waals surface area contributed by atoms with Crippen LogP contribution in [0.25, 0.3) is 0 Å². The molecule has 26 heavy (non-hydrogen) atoms. The molecule has 2 saturated heterocycles. The van der Waals surface area contributed by atoms with Crippen LogP contribution in [0.2, 0.25) is 0 Å². The Balaban J connectivity index is 1.53. The molecule has 0 spiro atoms. The number of carbonyl (C=O) groups excluding carboxylic acids is 2. The SMILES string of the molecule is CC(=O)c1ccc(NC(=O)NCC(C2CCOC2)N2CCOCC2)cc1. The number of morpholine rings is 1. The Morgan fingerprint density at radius 1 is 1.15 bits per heavy atom. The third kappa shape index (κ3) is 5.03. The highest BCUT2D eigenvalue weighted by molar-refractivity contribution is 5.95. The molecule has 7 heteroatoms. The molecule has 142 valence electrons. The molecule has 1 aromatic rings. The van der Waals surface area contributed by atoms with Gasteiger partial charge in [-0.3, -0.25) is 9.69 Å². The molecule has 0 saturated carbocycles. The summed E-state index contributed by atoms with van der Waals surface area (Å²) >= 11 is 0. The number of hydrogen-bond acceptors (Lipinski definition) is 5. The van der Waals surface area contributed by atoms with Gasteiger partial charge in [0.2, 0.25) is 0 Å². The van der Waals surface area contributed by atoms with Gasteiger partial charge >= 0.3 is 6.03 Å². The Hall–Kier alpha value is -1.96. The van der Waals surface area contributed by atoms with Gasteiger partial charge in [0.25, 0.3) is 0 Å². The summed E-state index contributed by atoms with van der Waals surface area (Å²) in [5.41, 5.74) is 1.30. The lowest BCUT2D eigenvalue weighted by Crippen LogP contribution is -2.52. The zero-order valence-electron chi connectivity index (χ0n) is 15.2. The molecule has 1 aromatic carbocycles. The highest BCUT2D eigenvalue weighted by Gasteiger charge is 2.31. The molecule has 2 atom stereocenters. The molecule has 2 amide bonds. The lowest BCUT2D eigenvalue weighted by Gasteiger charge is -2.37. The Bertz CT molecular complexity index is 608. The normalized spacial score (nSPS) is 22.0. The van der Waals surface area contributed by atoms with Gasteiger partial charge in [-0.2, -0.15) is 0 Å². The number of rotatable bonds is 6. The largest absolute Gasteiger partial charge is 0.381 e. The van der Waals surface area contributed by atoms with Crippen molar-refractivity contribution in [2.45, 2.75) is 19.4 Å². The highest BCUT2D eigenvalue weighted by Crippen LogP contribution is 2.22. The standard InChI is InChI=1S/C19H27N3O4/c1-14(23)15-2-4-17(5-3-15)21-19(24)20-12-18(16-6-9-26-13-16)22-7-10-25-11-8-22/h2-5,16,18H,6-13H2,1H3,(H2,20,21,24). The molecule has 2 heterocycles. The summed E-state index contributed by atoms with van der Waals surface area (Å²) in [6.45, 7) is 6.88. The van der Waals surface area contributed by atoms with E-state index in [0.29, 0.717) is 23.7 Å². The average molecular weight is 361 g/mol. The maximum atomic E-state index is 12.3. The number of ether oxygens (including phenoxy) is 2. The molecule has 2 aliphatic rings. The second-order valence-corrected chi connectivity index (χ2v) is 6.81. The first-order chi connectivity index (χ1) is 12.6.